The maximum Gasteiger partial charge on any atom is 0.249 e. The van der Waals surface area contributed by atoms with Gasteiger partial charge in [0, 0.05) is 11.3 Å². The molecular formula is C22H16ClNO2. The van der Waals surface area contributed by atoms with Crippen LogP contribution in [0.4, 0.5) is 5.69 Å². The molecule has 1 aliphatic rings. The van der Waals surface area contributed by atoms with Crippen molar-refractivity contribution in [3.8, 4) is 0 Å². The third-order valence-electron chi connectivity index (χ3n) is 4.77. The summed E-state index contributed by atoms with van der Waals surface area (Å²) in [5.41, 5.74) is 0.623. The Morgan fingerprint density at radius 2 is 1.31 bits per heavy atom. The minimum Gasteiger partial charge on any atom is -0.291 e. The second kappa shape index (κ2) is 6.43. The van der Waals surface area contributed by atoms with Crippen molar-refractivity contribution in [2.75, 3.05) is 4.90 Å². The average Bonchev–Trinajstić information content (AvgIpc) is 2.72. The van der Waals surface area contributed by atoms with E-state index in [9.17, 15) is 9.59 Å². The molecule has 0 radical (unpaired) electrons. The number of carbonyl (C=O) groups excluding carboxylic acids is 2. The van der Waals surface area contributed by atoms with Gasteiger partial charge in [-0.25, -0.2) is 0 Å². The molecule has 4 heteroatoms. The number of halogens is 1. The Balaban J connectivity index is 1.94. The van der Waals surface area contributed by atoms with Gasteiger partial charge in [-0.1, -0.05) is 78.9 Å². The Morgan fingerprint density at radius 3 is 1.88 bits per heavy atom. The number of benzene rings is 3. The van der Waals surface area contributed by atoms with Crippen LogP contribution in [0.1, 0.15) is 15.9 Å². The van der Waals surface area contributed by atoms with E-state index in [1.807, 2.05) is 78.9 Å². The van der Waals surface area contributed by atoms with Crippen molar-refractivity contribution in [2.24, 2.45) is 0 Å². The molecule has 1 aliphatic heterocycles. The summed E-state index contributed by atoms with van der Waals surface area (Å²) in [6.07, 6.45) is 0. The third kappa shape index (κ3) is 2.28. The lowest BCUT2D eigenvalue weighted by Gasteiger charge is -2.54. The van der Waals surface area contributed by atoms with Gasteiger partial charge in [0.2, 0.25) is 5.91 Å². The Labute approximate surface area is 156 Å². The number of carbonyl (C=O) groups is 2. The molecule has 1 amide bonds. The first-order valence-electron chi connectivity index (χ1n) is 8.36. The number of para-hydroxylation sites is 1. The number of Topliss-reactive ketones (excluding diaryl/α,β-unsaturated/α-hetero) is 1. The molecule has 0 N–H and O–H groups in total. The molecule has 2 atom stereocenters. The van der Waals surface area contributed by atoms with Gasteiger partial charge in [0.05, 0.1) is 0 Å². The highest BCUT2D eigenvalue weighted by Crippen LogP contribution is 2.49. The van der Waals surface area contributed by atoms with Crippen molar-refractivity contribution in [2.45, 2.75) is 10.9 Å². The first kappa shape index (κ1) is 16.6. The summed E-state index contributed by atoms with van der Waals surface area (Å²) in [5.74, 6) is -0.459. The predicted molar refractivity (Wildman–Crippen MR) is 102 cm³/mol. The fourth-order valence-corrected chi connectivity index (χ4v) is 3.97. The van der Waals surface area contributed by atoms with E-state index in [-0.39, 0.29) is 11.7 Å². The number of rotatable bonds is 4. The van der Waals surface area contributed by atoms with Crippen LogP contribution in [0.25, 0.3) is 0 Å². The van der Waals surface area contributed by atoms with E-state index in [4.69, 9.17) is 11.6 Å². The van der Waals surface area contributed by atoms with E-state index < -0.39 is 10.9 Å². The molecule has 128 valence electrons. The lowest BCUT2D eigenvalue weighted by molar-refractivity contribution is -0.126. The number of anilines is 1. The standard InChI is InChI=1S/C22H16ClNO2/c23-19-21(26)24(18-14-8-3-9-15-18)22(19,17-12-6-2-7-13-17)20(25)16-10-4-1-5-11-16/h1-15,19H. The van der Waals surface area contributed by atoms with Crippen LogP contribution in [0.2, 0.25) is 0 Å². The topological polar surface area (TPSA) is 37.4 Å². The van der Waals surface area contributed by atoms with Crippen molar-refractivity contribution in [1.29, 1.82) is 0 Å². The molecule has 3 aromatic carbocycles. The normalized spacial score (nSPS) is 22.0. The van der Waals surface area contributed by atoms with E-state index in [1.165, 1.54) is 4.90 Å². The molecule has 0 spiro atoms. The molecule has 26 heavy (non-hydrogen) atoms. The van der Waals surface area contributed by atoms with Crippen LogP contribution in [0.3, 0.4) is 0 Å². The zero-order valence-corrected chi connectivity index (χ0v) is 14.6. The second-order valence-electron chi connectivity index (χ2n) is 6.20. The molecule has 0 bridgehead atoms. The van der Waals surface area contributed by atoms with Crippen molar-refractivity contribution < 1.29 is 9.59 Å². The third-order valence-corrected chi connectivity index (χ3v) is 5.27. The second-order valence-corrected chi connectivity index (χ2v) is 6.64. The maximum absolute atomic E-state index is 13.6. The minimum absolute atomic E-state index is 0.187. The summed E-state index contributed by atoms with van der Waals surface area (Å²) in [7, 11) is 0. The number of nitrogens with zero attached hydrogens (tertiary/aromatic N) is 1. The molecule has 4 rings (SSSR count). The van der Waals surface area contributed by atoms with Gasteiger partial charge < -0.3 is 0 Å². The lowest BCUT2D eigenvalue weighted by Crippen LogP contribution is -2.74. The maximum atomic E-state index is 13.6. The van der Waals surface area contributed by atoms with Crippen LogP contribution in [0, 0.1) is 0 Å². The van der Waals surface area contributed by atoms with Crippen LogP contribution >= 0.6 is 11.6 Å². The number of hydrogen-bond acceptors (Lipinski definition) is 2. The van der Waals surface area contributed by atoms with E-state index in [2.05, 4.69) is 0 Å². The van der Waals surface area contributed by atoms with Crippen LogP contribution in [-0.2, 0) is 10.3 Å². The SMILES string of the molecule is O=C1C(Cl)C(C(=O)c2ccccc2)(c2ccccc2)N1c1ccccc1. The molecule has 3 aromatic rings. The van der Waals surface area contributed by atoms with Crippen LogP contribution in [0.5, 0.6) is 0 Å². The first-order chi connectivity index (χ1) is 12.7. The van der Waals surface area contributed by atoms with E-state index >= 15 is 0 Å². The van der Waals surface area contributed by atoms with Gasteiger partial charge >= 0.3 is 0 Å². The summed E-state index contributed by atoms with van der Waals surface area (Å²) in [6, 6.07) is 27.4. The lowest BCUT2D eigenvalue weighted by atomic mass is 9.71. The van der Waals surface area contributed by atoms with Gasteiger partial charge in [0.25, 0.3) is 0 Å². The Morgan fingerprint density at radius 1 is 0.808 bits per heavy atom. The van der Waals surface area contributed by atoms with Gasteiger partial charge in [-0.2, -0.15) is 0 Å². The largest absolute Gasteiger partial charge is 0.291 e. The van der Waals surface area contributed by atoms with Crippen molar-refractivity contribution in [1.82, 2.24) is 0 Å². The first-order valence-corrected chi connectivity index (χ1v) is 8.79. The Kier molecular flexibility index (Phi) is 4.09. The highest BCUT2D eigenvalue weighted by Gasteiger charge is 2.65. The fourth-order valence-electron chi connectivity index (χ4n) is 3.55. The van der Waals surface area contributed by atoms with E-state index in [1.54, 1.807) is 12.1 Å². The summed E-state index contributed by atoms with van der Waals surface area (Å²) >= 11 is 6.53. The summed E-state index contributed by atoms with van der Waals surface area (Å²) < 4.78 is 0. The minimum atomic E-state index is -1.26. The molecular weight excluding hydrogens is 346 g/mol. The molecule has 1 fully saturated rings. The highest BCUT2D eigenvalue weighted by molar-refractivity contribution is 6.42. The van der Waals surface area contributed by atoms with Gasteiger partial charge in [-0.15, -0.1) is 11.6 Å². The van der Waals surface area contributed by atoms with Crippen LogP contribution in [0.15, 0.2) is 91.0 Å². The monoisotopic (exact) mass is 361 g/mol. The van der Waals surface area contributed by atoms with Gasteiger partial charge in [-0.05, 0) is 17.7 Å². The van der Waals surface area contributed by atoms with Gasteiger partial charge in [-0.3, -0.25) is 14.5 Å². The molecule has 1 saturated heterocycles. The molecule has 3 nitrogen and oxygen atoms in total. The number of hydrogen-bond donors (Lipinski definition) is 0. The molecule has 0 aromatic heterocycles. The number of β-lactam (4-membered cyclic amide) rings is 1. The van der Waals surface area contributed by atoms with Gasteiger partial charge in [0.1, 0.15) is 5.38 Å². The molecule has 2 unspecified atom stereocenters. The Hall–Kier alpha value is -2.91. The molecule has 0 aliphatic carbocycles. The van der Waals surface area contributed by atoms with Crippen LogP contribution in [-0.4, -0.2) is 17.1 Å². The average molecular weight is 362 g/mol. The zero-order valence-electron chi connectivity index (χ0n) is 13.9. The van der Waals surface area contributed by atoms with E-state index in [0.29, 0.717) is 16.8 Å². The van der Waals surface area contributed by atoms with Crippen molar-refractivity contribution in [3.05, 3.63) is 102 Å². The summed E-state index contributed by atoms with van der Waals surface area (Å²) in [4.78, 5) is 27.9. The highest BCUT2D eigenvalue weighted by atomic mass is 35.5. The van der Waals surface area contributed by atoms with Crippen molar-refractivity contribution >= 4 is 29.0 Å². The number of ketones is 1. The fraction of sp³-hybridized carbons (Fsp3) is 0.0909. The summed E-state index contributed by atoms with van der Waals surface area (Å²) in [5, 5.41) is -0.960. The number of alkyl halides is 1. The summed E-state index contributed by atoms with van der Waals surface area (Å²) in [6.45, 7) is 0. The van der Waals surface area contributed by atoms with Gasteiger partial charge in [0.15, 0.2) is 11.3 Å². The van der Waals surface area contributed by atoms with Crippen LogP contribution < -0.4 is 4.90 Å². The van der Waals surface area contributed by atoms with Crippen molar-refractivity contribution in [3.63, 3.8) is 0 Å². The predicted octanol–water partition coefficient (Wildman–Crippen LogP) is 4.42. The quantitative estimate of drug-likeness (QED) is 0.392. The Bertz CT molecular complexity index is 944. The number of amides is 1. The molecule has 0 saturated carbocycles. The van der Waals surface area contributed by atoms with E-state index in [0.717, 1.165) is 0 Å². The molecule has 1 heterocycles. The smallest absolute Gasteiger partial charge is 0.249 e. The zero-order chi connectivity index (χ0) is 18.1.